The maximum absolute atomic E-state index is 12.8. The highest BCUT2D eigenvalue weighted by Crippen LogP contribution is 2.39. The van der Waals surface area contributed by atoms with Crippen LogP contribution in [0.5, 0.6) is 5.75 Å². The molecule has 0 saturated heterocycles. The zero-order chi connectivity index (χ0) is 23.9. The molecule has 0 aromatic heterocycles. The van der Waals surface area contributed by atoms with Crippen LogP contribution in [0.1, 0.15) is 40.0 Å². The first-order valence-corrected chi connectivity index (χ1v) is 11.5. The Morgan fingerprint density at radius 3 is 2.76 bits per heavy atom. The van der Waals surface area contributed by atoms with Gasteiger partial charge in [-0.05, 0) is 69.5 Å². The van der Waals surface area contributed by atoms with Crippen LogP contribution in [0.3, 0.4) is 0 Å². The molecule has 33 heavy (non-hydrogen) atoms. The van der Waals surface area contributed by atoms with Crippen molar-refractivity contribution in [3.63, 3.8) is 0 Å². The Bertz CT molecular complexity index is 1010. The molecule has 0 saturated carbocycles. The second-order valence-electron chi connectivity index (χ2n) is 10.3. The van der Waals surface area contributed by atoms with Gasteiger partial charge in [-0.1, -0.05) is 25.5 Å². The molecule has 0 fully saturated rings. The Hall–Kier alpha value is -2.84. The SMILES string of the molecule is CC1=CC(=O)N(CC(=O)Nc2ccc3c(c2)N(C)C(N(C)C)O3)NC1C1=CCC(C)(C)CC1. The van der Waals surface area contributed by atoms with Crippen molar-refractivity contribution in [2.75, 3.05) is 37.9 Å². The standard InChI is InChI=1S/C25H35N5O3/c1-16-13-22(32)30(27-23(16)17-9-11-25(2,3)12-10-17)15-21(31)26-18-7-8-20-19(14-18)29(6)24(33-20)28(4)5/h7-9,13-14,23-24,27H,10-12,15H2,1-6H3,(H,26,31). The molecule has 178 valence electrons. The van der Waals surface area contributed by atoms with Crippen molar-refractivity contribution in [2.45, 2.75) is 52.4 Å². The molecule has 2 amide bonds. The summed E-state index contributed by atoms with van der Waals surface area (Å²) < 4.78 is 5.93. The molecule has 2 N–H and O–H groups in total. The number of rotatable bonds is 5. The molecule has 8 heteroatoms. The number of anilines is 2. The maximum Gasteiger partial charge on any atom is 0.261 e. The highest BCUT2D eigenvalue weighted by atomic mass is 16.5. The number of allylic oxidation sites excluding steroid dienone is 1. The van der Waals surface area contributed by atoms with Gasteiger partial charge in [0, 0.05) is 18.8 Å². The first kappa shape index (κ1) is 23.3. The number of fused-ring (bicyclic) bond motifs is 1. The van der Waals surface area contributed by atoms with E-state index in [4.69, 9.17) is 4.74 Å². The zero-order valence-electron chi connectivity index (χ0n) is 20.4. The van der Waals surface area contributed by atoms with Crippen LogP contribution >= 0.6 is 0 Å². The van der Waals surface area contributed by atoms with Gasteiger partial charge in [-0.25, -0.2) is 5.43 Å². The van der Waals surface area contributed by atoms with Crippen LogP contribution in [0.2, 0.25) is 0 Å². The monoisotopic (exact) mass is 453 g/mol. The zero-order valence-corrected chi connectivity index (χ0v) is 20.4. The van der Waals surface area contributed by atoms with Gasteiger partial charge in [0.1, 0.15) is 12.3 Å². The van der Waals surface area contributed by atoms with Crippen LogP contribution in [-0.2, 0) is 9.59 Å². The number of hydrogen-bond acceptors (Lipinski definition) is 6. The minimum Gasteiger partial charge on any atom is -0.455 e. The number of hydrogen-bond donors (Lipinski definition) is 2. The Labute approximate surface area is 196 Å². The summed E-state index contributed by atoms with van der Waals surface area (Å²) in [6, 6.07) is 5.52. The topological polar surface area (TPSA) is 77.2 Å². The summed E-state index contributed by atoms with van der Waals surface area (Å²) in [6.45, 7) is 6.46. The van der Waals surface area contributed by atoms with Crippen LogP contribution in [-0.4, -0.2) is 61.8 Å². The minimum absolute atomic E-state index is 0.0413. The number of amides is 2. The molecule has 3 aliphatic rings. The molecule has 1 aromatic rings. The second kappa shape index (κ2) is 8.83. The van der Waals surface area contributed by atoms with Gasteiger partial charge >= 0.3 is 0 Å². The van der Waals surface area contributed by atoms with Crippen molar-refractivity contribution in [2.24, 2.45) is 5.41 Å². The van der Waals surface area contributed by atoms with E-state index in [1.54, 1.807) is 6.08 Å². The van der Waals surface area contributed by atoms with Crippen LogP contribution < -0.4 is 20.4 Å². The van der Waals surface area contributed by atoms with Gasteiger partial charge in [0.2, 0.25) is 12.3 Å². The summed E-state index contributed by atoms with van der Waals surface area (Å²) in [5.74, 6) is 0.313. The summed E-state index contributed by atoms with van der Waals surface area (Å²) in [5, 5.41) is 4.33. The average Bonchev–Trinajstić information content (AvgIpc) is 3.07. The first-order valence-electron chi connectivity index (χ1n) is 11.5. The van der Waals surface area contributed by atoms with Gasteiger partial charge < -0.3 is 15.0 Å². The quantitative estimate of drug-likeness (QED) is 0.668. The van der Waals surface area contributed by atoms with Crippen LogP contribution in [0, 0.1) is 5.41 Å². The van der Waals surface area contributed by atoms with Crippen molar-refractivity contribution in [3.05, 3.63) is 41.5 Å². The fourth-order valence-corrected chi connectivity index (χ4v) is 4.61. The predicted molar refractivity (Wildman–Crippen MR) is 130 cm³/mol. The van der Waals surface area contributed by atoms with Gasteiger partial charge in [-0.2, -0.15) is 0 Å². The van der Waals surface area contributed by atoms with Gasteiger partial charge in [-0.15, -0.1) is 0 Å². The van der Waals surface area contributed by atoms with E-state index in [1.807, 2.05) is 56.1 Å². The number of benzene rings is 1. The molecule has 1 aliphatic carbocycles. The fourth-order valence-electron chi connectivity index (χ4n) is 4.61. The summed E-state index contributed by atoms with van der Waals surface area (Å²) >= 11 is 0. The summed E-state index contributed by atoms with van der Waals surface area (Å²) in [5.41, 5.74) is 7.45. The molecule has 2 heterocycles. The summed E-state index contributed by atoms with van der Waals surface area (Å²) in [7, 11) is 5.85. The van der Waals surface area contributed by atoms with Crippen LogP contribution in [0.4, 0.5) is 11.4 Å². The molecular weight excluding hydrogens is 418 g/mol. The lowest BCUT2D eigenvalue weighted by Crippen LogP contribution is -2.54. The summed E-state index contributed by atoms with van der Waals surface area (Å²) in [6.07, 6.45) is 6.86. The molecular formula is C25H35N5O3. The lowest BCUT2D eigenvalue weighted by atomic mass is 9.76. The molecule has 1 aromatic carbocycles. The van der Waals surface area contributed by atoms with E-state index in [1.165, 1.54) is 10.6 Å². The Balaban J connectivity index is 1.41. The second-order valence-corrected chi connectivity index (χ2v) is 10.3. The van der Waals surface area contributed by atoms with Crippen molar-refractivity contribution in [1.82, 2.24) is 15.3 Å². The Morgan fingerprint density at radius 1 is 1.33 bits per heavy atom. The van der Waals surface area contributed by atoms with Gasteiger partial charge in [-0.3, -0.25) is 19.5 Å². The molecule has 2 atom stereocenters. The Morgan fingerprint density at radius 2 is 2.09 bits per heavy atom. The highest BCUT2D eigenvalue weighted by Gasteiger charge is 2.32. The van der Waals surface area contributed by atoms with E-state index in [2.05, 4.69) is 30.7 Å². The number of ether oxygens (including phenoxy) is 1. The molecule has 2 unspecified atom stereocenters. The third-order valence-corrected chi connectivity index (χ3v) is 6.67. The number of nitrogens with zero attached hydrogens (tertiary/aromatic N) is 3. The molecule has 0 spiro atoms. The van der Waals surface area contributed by atoms with Crippen molar-refractivity contribution >= 4 is 23.2 Å². The maximum atomic E-state index is 12.8. The van der Waals surface area contributed by atoms with E-state index in [9.17, 15) is 9.59 Å². The number of nitrogens with one attached hydrogen (secondary N) is 2. The summed E-state index contributed by atoms with van der Waals surface area (Å²) in [4.78, 5) is 29.4. The van der Waals surface area contributed by atoms with Gasteiger partial charge in [0.25, 0.3) is 5.91 Å². The minimum atomic E-state index is -0.257. The van der Waals surface area contributed by atoms with E-state index < -0.39 is 0 Å². The molecule has 4 rings (SSSR count). The van der Waals surface area contributed by atoms with Gasteiger partial charge in [0.05, 0.1) is 11.7 Å². The predicted octanol–water partition coefficient (Wildman–Crippen LogP) is 3.10. The molecule has 0 radical (unpaired) electrons. The number of carbonyl (C=O) groups excluding carboxylic acids is 2. The Kier molecular flexibility index (Phi) is 6.24. The van der Waals surface area contributed by atoms with Crippen LogP contribution in [0.25, 0.3) is 0 Å². The van der Waals surface area contributed by atoms with E-state index in [0.29, 0.717) is 11.1 Å². The molecule has 8 nitrogen and oxygen atoms in total. The fraction of sp³-hybridized carbons (Fsp3) is 0.520. The molecule has 0 bridgehead atoms. The third-order valence-electron chi connectivity index (χ3n) is 6.67. The van der Waals surface area contributed by atoms with E-state index in [0.717, 1.165) is 36.3 Å². The first-order chi connectivity index (χ1) is 15.5. The number of hydrazine groups is 1. The smallest absolute Gasteiger partial charge is 0.261 e. The van der Waals surface area contributed by atoms with Crippen molar-refractivity contribution in [3.8, 4) is 5.75 Å². The largest absolute Gasteiger partial charge is 0.455 e. The van der Waals surface area contributed by atoms with Crippen molar-refractivity contribution < 1.29 is 14.3 Å². The molecule has 2 aliphatic heterocycles. The lowest BCUT2D eigenvalue weighted by Gasteiger charge is -2.37. The average molecular weight is 454 g/mol. The van der Waals surface area contributed by atoms with Crippen molar-refractivity contribution in [1.29, 1.82) is 0 Å². The number of carbonyl (C=O) groups is 2. The van der Waals surface area contributed by atoms with E-state index in [-0.39, 0.29) is 30.8 Å². The lowest BCUT2D eigenvalue weighted by molar-refractivity contribution is -0.134. The van der Waals surface area contributed by atoms with E-state index >= 15 is 0 Å². The normalized spacial score (nSPS) is 24.3. The van der Waals surface area contributed by atoms with Gasteiger partial charge in [0.15, 0.2) is 0 Å². The highest BCUT2D eigenvalue weighted by molar-refractivity contribution is 5.97. The van der Waals surface area contributed by atoms with Crippen LogP contribution in [0.15, 0.2) is 41.5 Å². The third kappa shape index (κ3) is 4.91.